The molecule has 1 aromatic carbocycles. The van der Waals surface area contributed by atoms with Crippen LogP contribution in [-0.2, 0) is 13.2 Å². The highest BCUT2D eigenvalue weighted by Crippen LogP contribution is 2.34. The maximum Gasteiger partial charge on any atom is 0.418 e. The molecular formula is C15H13F3N4. The first-order chi connectivity index (χ1) is 10.3. The molecule has 2 rings (SSSR count). The molecule has 0 amide bonds. The molecule has 0 saturated heterocycles. The third kappa shape index (κ3) is 3.11. The minimum atomic E-state index is -4.45. The summed E-state index contributed by atoms with van der Waals surface area (Å²) in [6, 6.07) is 8.75. The van der Waals surface area contributed by atoms with Crippen LogP contribution in [0.1, 0.15) is 22.5 Å². The molecule has 0 aliphatic rings. The van der Waals surface area contributed by atoms with Gasteiger partial charge in [-0.25, -0.2) is 0 Å². The zero-order valence-electron chi connectivity index (χ0n) is 11.9. The van der Waals surface area contributed by atoms with Crippen molar-refractivity contribution < 1.29 is 13.2 Å². The Morgan fingerprint density at radius 2 is 2.00 bits per heavy atom. The minimum Gasteiger partial charge on any atom is -0.339 e. The van der Waals surface area contributed by atoms with Gasteiger partial charge in [0.05, 0.1) is 17.5 Å². The number of halogens is 3. The number of anilines is 1. The summed E-state index contributed by atoms with van der Waals surface area (Å²) in [4.78, 5) is 0. The first-order valence-corrected chi connectivity index (χ1v) is 6.36. The molecule has 0 unspecified atom stereocenters. The molecule has 2 aromatic rings. The van der Waals surface area contributed by atoms with Crippen LogP contribution in [0.3, 0.4) is 0 Å². The van der Waals surface area contributed by atoms with Gasteiger partial charge in [0, 0.05) is 18.3 Å². The van der Waals surface area contributed by atoms with E-state index in [2.05, 4.69) is 10.5 Å². The van der Waals surface area contributed by atoms with E-state index < -0.39 is 11.7 Å². The van der Waals surface area contributed by atoms with Crippen molar-refractivity contribution in [2.24, 2.45) is 12.1 Å². The van der Waals surface area contributed by atoms with Crippen LogP contribution >= 0.6 is 0 Å². The van der Waals surface area contributed by atoms with Gasteiger partial charge in [0.1, 0.15) is 11.8 Å². The lowest BCUT2D eigenvalue weighted by molar-refractivity contribution is -0.136. The van der Waals surface area contributed by atoms with Gasteiger partial charge >= 0.3 is 6.18 Å². The van der Waals surface area contributed by atoms with Gasteiger partial charge < -0.3 is 4.57 Å². The molecule has 0 aliphatic heterocycles. The molecule has 0 atom stereocenters. The van der Waals surface area contributed by atoms with Crippen LogP contribution < -0.4 is 5.43 Å². The standard InChI is InChI=1S/C15H13F3N4/c1-10-11(7-12(8-19)22(10)2)9-20-21-14-6-4-3-5-13(14)15(16,17)18/h3-7,9,21H,1-2H3/b20-9-. The highest BCUT2D eigenvalue weighted by molar-refractivity contribution is 5.82. The van der Waals surface area contributed by atoms with Crippen molar-refractivity contribution in [2.75, 3.05) is 5.43 Å². The predicted molar refractivity (Wildman–Crippen MR) is 77.5 cm³/mol. The van der Waals surface area contributed by atoms with E-state index in [9.17, 15) is 13.2 Å². The number of nitriles is 1. The van der Waals surface area contributed by atoms with E-state index in [4.69, 9.17) is 5.26 Å². The average Bonchev–Trinajstić information content (AvgIpc) is 2.74. The Morgan fingerprint density at radius 3 is 2.59 bits per heavy atom. The summed E-state index contributed by atoms with van der Waals surface area (Å²) < 4.78 is 40.2. The Hall–Kier alpha value is -2.75. The molecule has 0 saturated carbocycles. The number of aromatic nitrogens is 1. The monoisotopic (exact) mass is 306 g/mol. The van der Waals surface area contributed by atoms with Gasteiger partial charge in [0.25, 0.3) is 0 Å². The maximum atomic E-state index is 12.8. The van der Waals surface area contributed by atoms with Gasteiger partial charge in [-0.15, -0.1) is 0 Å². The number of hydrogen-bond acceptors (Lipinski definition) is 3. The summed E-state index contributed by atoms with van der Waals surface area (Å²) in [5.74, 6) is 0. The molecule has 1 N–H and O–H groups in total. The number of para-hydroxylation sites is 1. The molecule has 7 heteroatoms. The van der Waals surface area contributed by atoms with E-state index in [0.29, 0.717) is 11.3 Å². The highest BCUT2D eigenvalue weighted by atomic mass is 19.4. The summed E-state index contributed by atoms with van der Waals surface area (Å²) in [5.41, 5.74) is 3.41. The number of nitrogens with one attached hydrogen (secondary N) is 1. The fourth-order valence-corrected chi connectivity index (χ4v) is 1.96. The number of rotatable bonds is 3. The van der Waals surface area contributed by atoms with Gasteiger partial charge in [-0.2, -0.15) is 23.5 Å². The number of hydrogen-bond donors (Lipinski definition) is 1. The average molecular weight is 306 g/mol. The molecule has 0 aliphatic carbocycles. The maximum absolute atomic E-state index is 12.8. The third-order valence-electron chi connectivity index (χ3n) is 3.31. The quantitative estimate of drug-likeness (QED) is 0.695. The fraction of sp³-hybridized carbons (Fsp3) is 0.200. The smallest absolute Gasteiger partial charge is 0.339 e. The molecule has 1 heterocycles. The second-order valence-electron chi connectivity index (χ2n) is 4.65. The number of nitrogens with zero attached hydrogens (tertiary/aromatic N) is 3. The summed E-state index contributed by atoms with van der Waals surface area (Å²) in [7, 11) is 1.73. The van der Waals surface area contributed by atoms with E-state index in [1.807, 2.05) is 6.07 Å². The minimum absolute atomic E-state index is 0.125. The van der Waals surface area contributed by atoms with E-state index in [1.165, 1.54) is 24.4 Å². The van der Waals surface area contributed by atoms with Crippen molar-refractivity contribution in [3.8, 4) is 6.07 Å². The third-order valence-corrected chi connectivity index (χ3v) is 3.31. The number of hydrazone groups is 1. The van der Waals surface area contributed by atoms with Crippen molar-refractivity contribution in [2.45, 2.75) is 13.1 Å². The van der Waals surface area contributed by atoms with Crippen molar-refractivity contribution in [1.82, 2.24) is 4.57 Å². The highest BCUT2D eigenvalue weighted by Gasteiger charge is 2.33. The number of benzene rings is 1. The summed E-state index contributed by atoms with van der Waals surface area (Å²) in [5, 5.41) is 12.8. The first-order valence-electron chi connectivity index (χ1n) is 6.36. The van der Waals surface area contributed by atoms with E-state index in [0.717, 1.165) is 11.8 Å². The molecule has 0 bridgehead atoms. The second kappa shape index (κ2) is 5.93. The molecule has 114 valence electrons. The summed E-state index contributed by atoms with van der Waals surface area (Å²) in [6.45, 7) is 1.80. The van der Waals surface area contributed by atoms with Gasteiger partial charge in [0.2, 0.25) is 0 Å². The zero-order valence-corrected chi connectivity index (χ0v) is 11.9. The largest absolute Gasteiger partial charge is 0.418 e. The molecule has 1 aromatic heterocycles. The van der Waals surface area contributed by atoms with Gasteiger partial charge in [0.15, 0.2) is 0 Å². The molecule has 22 heavy (non-hydrogen) atoms. The lowest BCUT2D eigenvalue weighted by Crippen LogP contribution is -2.08. The first kappa shape index (κ1) is 15.6. The van der Waals surface area contributed by atoms with Crippen LogP contribution in [0.4, 0.5) is 18.9 Å². The topological polar surface area (TPSA) is 53.1 Å². The van der Waals surface area contributed by atoms with Crippen LogP contribution in [0.15, 0.2) is 35.4 Å². The van der Waals surface area contributed by atoms with Crippen LogP contribution in [-0.4, -0.2) is 10.8 Å². The van der Waals surface area contributed by atoms with Crippen LogP contribution in [0.5, 0.6) is 0 Å². The summed E-state index contributed by atoms with van der Waals surface area (Å²) >= 11 is 0. The van der Waals surface area contributed by atoms with Crippen LogP contribution in [0, 0.1) is 18.3 Å². The Kier molecular flexibility index (Phi) is 4.22. The normalized spacial score (nSPS) is 11.6. The van der Waals surface area contributed by atoms with E-state index in [1.54, 1.807) is 24.6 Å². The van der Waals surface area contributed by atoms with Crippen molar-refractivity contribution in [1.29, 1.82) is 5.26 Å². The Labute approximate surface area is 125 Å². The molecule has 0 spiro atoms. The van der Waals surface area contributed by atoms with Crippen LogP contribution in [0.25, 0.3) is 0 Å². The molecular weight excluding hydrogens is 293 g/mol. The van der Waals surface area contributed by atoms with Gasteiger partial charge in [-0.1, -0.05) is 12.1 Å². The second-order valence-corrected chi connectivity index (χ2v) is 4.65. The number of alkyl halides is 3. The molecule has 0 radical (unpaired) electrons. The van der Waals surface area contributed by atoms with Gasteiger partial charge in [-0.3, -0.25) is 5.43 Å². The Morgan fingerprint density at radius 1 is 1.32 bits per heavy atom. The van der Waals surface area contributed by atoms with E-state index in [-0.39, 0.29) is 5.69 Å². The van der Waals surface area contributed by atoms with Crippen molar-refractivity contribution in [3.63, 3.8) is 0 Å². The molecule has 4 nitrogen and oxygen atoms in total. The van der Waals surface area contributed by atoms with E-state index >= 15 is 0 Å². The fourth-order valence-electron chi connectivity index (χ4n) is 1.96. The lowest BCUT2D eigenvalue weighted by atomic mass is 10.2. The Bertz CT molecular complexity index is 751. The van der Waals surface area contributed by atoms with Crippen molar-refractivity contribution >= 4 is 11.9 Å². The van der Waals surface area contributed by atoms with Crippen LogP contribution in [0.2, 0.25) is 0 Å². The molecule has 0 fully saturated rings. The van der Waals surface area contributed by atoms with Gasteiger partial charge in [-0.05, 0) is 25.1 Å². The zero-order chi connectivity index (χ0) is 16.3. The Balaban J connectivity index is 2.23. The summed E-state index contributed by atoms with van der Waals surface area (Å²) in [6.07, 6.45) is -3.06. The predicted octanol–water partition coefficient (Wildman–Crippen LogP) is 3.67. The SMILES string of the molecule is Cc1c(/C=N\Nc2ccccc2C(F)(F)F)cc(C#N)n1C. The van der Waals surface area contributed by atoms with Crippen molar-refractivity contribution in [3.05, 3.63) is 52.8 Å². The lowest BCUT2D eigenvalue weighted by Gasteiger charge is -2.11.